The molecule has 0 radical (unpaired) electrons. The molecule has 0 aliphatic heterocycles. The Morgan fingerprint density at radius 3 is 2.56 bits per heavy atom. The van der Waals surface area contributed by atoms with Crippen LogP contribution in [0.25, 0.3) is 0 Å². The number of oxazole rings is 1. The zero-order valence-electron chi connectivity index (χ0n) is 21.3. The Labute approximate surface area is 220 Å². The highest BCUT2D eigenvalue weighted by Crippen LogP contribution is 2.33. The fraction of sp³-hybridized carbons (Fsp3) is 0.462. The Morgan fingerprint density at radius 1 is 1.17 bits per heavy atom. The maximum Gasteiger partial charge on any atom is 0.305 e. The Bertz CT molecular complexity index is 1140. The number of nitrogens with zero attached hydrogens (tertiary/aromatic N) is 2. The zero-order chi connectivity index (χ0) is 26.2. The van der Waals surface area contributed by atoms with Crippen LogP contribution in [0, 0.1) is 0 Å². The third kappa shape index (κ3) is 7.83. The first-order chi connectivity index (χ1) is 17.1. The number of ether oxygens (including phenoxy) is 2. The van der Waals surface area contributed by atoms with E-state index >= 15 is 0 Å². The number of hydrogen-bond acceptors (Lipinski definition) is 10. The largest absolute Gasteiger partial charge is 0.494 e. The van der Waals surface area contributed by atoms with Crippen LogP contribution in [-0.4, -0.2) is 42.5 Å². The van der Waals surface area contributed by atoms with Crippen molar-refractivity contribution in [1.29, 1.82) is 0 Å². The number of nitrogens with one attached hydrogen (secondary N) is 1. The molecule has 0 aliphatic rings. The summed E-state index contributed by atoms with van der Waals surface area (Å²) in [5, 5.41) is 4.05. The minimum Gasteiger partial charge on any atom is -0.494 e. The van der Waals surface area contributed by atoms with Gasteiger partial charge < -0.3 is 24.0 Å². The highest BCUT2D eigenvalue weighted by Gasteiger charge is 2.26. The number of aldehydes is 1. The summed E-state index contributed by atoms with van der Waals surface area (Å²) >= 11 is 3.15. The van der Waals surface area contributed by atoms with Crippen molar-refractivity contribution in [3.63, 3.8) is 0 Å². The number of rotatable bonds is 13. The molecule has 2 aromatic heterocycles. The minimum atomic E-state index is -0.732. The van der Waals surface area contributed by atoms with Crippen molar-refractivity contribution in [3.05, 3.63) is 53.9 Å². The fourth-order valence-electron chi connectivity index (χ4n) is 3.18. The van der Waals surface area contributed by atoms with Gasteiger partial charge in [0.05, 0.1) is 41.5 Å². The number of carbonyl (C=O) groups excluding carboxylic acids is 2. The lowest BCUT2D eigenvalue weighted by molar-refractivity contribution is -0.140. The summed E-state index contributed by atoms with van der Waals surface area (Å²) in [5.41, 5.74) is 0.0719. The number of esters is 1. The second-order valence-corrected chi connectivity index (χ2v) is 11.9. The van der Waals surface area contributed by atoms with Crippen molar-refractivity contribution in [2.75, 3.05) is 25.6 Å². The van der Waals surface area contributed by atoms with E-state index in [1.54, 1.807) is 18.0 Å². The maximum atomic E-state index is 12.0. The number of thiazole rings is 1. The molecule has 36 heavy (non-hydrogen) atoms. The van der Waals surface area contributed by atoms with Crippen LogP contribution in [0.1, 0.15) is 57.8 Å². The van der Waals surface area contributed by atoms with Gasteiger partial charge in [0.2, 0.25) is 5.89 Å². The molecule has 0 saturated heterocycles. The lowest BCUT2D eigenvalue weighted by atomic mass is 9.84. The van der Waals surface area contributed by atoms with E-state index in [2.05, 4.69) is 40.8 Å². The minimum absolute atomic E-state index is 0.0677. The Morgan fingerprint density at radius 2 is 1.92 bits per heavy atom. The Hall–Kier alpha value is -2.85. The van der Waals surface area contributed by atoms with Gasteiger partial charge in [-0.25, -0.2) is 9.97 Å². The van der Waals surface area contributed by atoms with Gasteiger partial charge in [-0.1, -0.05) is 44.2 Å². The van der Waals surface area contributed by atoms with E-state index in [-0.39, 0.29) is 11.4 Å². The number of thioether (sulfide) groups is 1. The van der Waals surface area contributed by atoms with Crippen molar-refractivity contribution >= 4 is 40.5 Å². The van der Waals surface area contributed by atoms with Gasteiger partial charge in [0.25, 0.3) is 0 Å². The van der Waals surface area contributed by atoms with Gasteiger partial charge in [-0.15, -0.1) is 11.8 Å². The summed E-state index contributed by atoms with van der Waals surface area (Å²) in [5.74, 6) is 2.62. The quantitative estimate of drug-likeness (QED) is 0.130. The number of benzene rings is 1. The van der Waals surface area contributed by atoms with E-state index in [4.69, 9.17) is 9.15 Å². The van der Waals surface area contributed by atoms with E-state index in [1.807, 2.05) is 37.4 Å². The summed E-state index contributed by atoms with van der Waals surface area (Å²) in [4.78, 5) is 32.0. The van der Waals surface area contributed by atoms with E-state index in [1.165, 1.54) is 18.4 Å². The van der Waals surface area contributed by atoms with Crippen LogP contribution in [0.3, 0.4) is 0 Å². The summed E-state index contributed by atoms with van der Waals surface area (Å²) in [6, 6.07) is 7.44. The molecule has 10 heteroatoms. The van der Waals surface area contributed by atoms with Crippen LogP contribution in [-0.2, 0) is 30.9 Å². The van der Waals surface area contributed by atoms with Gasteiger partial charge in [-0.3, -0.25) is 4.79 Å². The molecule has 0 aliphatic carbocycles. The zero-order valence-corrected chi connectivity index (χ0v) is 23.0. The number of anilines is 1. The average molecular weight is 532 g/mol. The normalized spacial score (nSPS) is 13.1. The smallest absolute Gasteiger partial charge is 0.305 e. The lowest BCUT2D eigenvalue weighted by Crippen LogP contribution is -2.32. The van der Waals surface area contributed by atoms with Gasteiger partial charge >= 0.3 is 5.97 Å². The molecule has 8 nitrogen and oxygen atoms in total. The fourth-order valence-corrected chi connectivity index (χ4v) is 4.90. The number of methoxy groups -OCH3 is 1. The van der Waals surface area contributed by atoms with Crippen LogP contribution < -0.4 is 10.1 Å². The van der Waals surface area contributed by atoms with Crippen LogP contribution in [0.2, 0.25) is 0 Å². The highest BCUT2D eigenvalue weighted by atomic mass is 32.2. The molecule has 0 amide bonds. The molecule has 3 aromatic rings. The van der Waals surface area contributed by atoms with Gasteiger partial charge in [0.1, 0.15) is 17.8 Å². The van der Waals surface area contributed by atoms with Crippen LogP contribution >= 0.6 is 23.1 Å². The summed E-state index contributed by atoms with van der Waals surface area (Å²) in [6.45, 7) is 8.99. The first-order valence-corrected chi connectivity index (χ1v) is 13.5. The third-order valence-electron chi connectivity index (χ3n) is 5.52. The van der Waals surface area contributed by atoms with Crippen molar-refractivity contribution in [2.24, 2.45) is 0 Å². The molecule has 0 spiro atoms. The Kier molecular flexibility index (Phi) is 9.56. The molecule has 1 unspecified atom stereocenters. The molecule has 3 rings (SSSR count). The van der Waals surface area contributed by atoms with Gasteiger partial charge in [0.15, 0.2) is 5.13 Å². The van der Waals surface area contributed by atoms with Crippen LogP contribution in [0.15, 0.2) is 45.3 Å². The average Bonchev–Trinajstić information content (AvgIpc) is 3.54. The molecule has 1 N–H and O–H groups in total. The molecule has 0 fully saturated rings. The summed E-state index contributed by atoms with van der Waals surface area (Å²) in [7, 11) is 1.37. The van der Waals surface area contributed by atoms with E-state index in [0.717, 1.165) is 27.0 Å². The van der Waals surface area contributed by atoms with E-state index < -0.39 is 5.41 Å². The van der Waals surface area contributed by atoms with Crippen LogP contribution in [0.4, 0.5) is 5.13 Å². The van der Waals surface area contributed by atoms with Crippen molar-refractivity contribution in [3.8, 4) is 5.75 Å². The summed E-state index contributed by atoms with van der Waals surface area (Å²) < 4.78 is 17.2. The topological polar surface area (TPSA) is 104 Å². The standard InChI is InChI=1S/C26H33N3O5S2/c1-25(2,3)20-13-27-21(34-20)15-35-23-14-28-24(36-23)29-16-26(4,17-30)18-8-10-19(11-9-18)33-12-6-7-22(31)32-5/h8-11,13-14,17H,6-7,12,15-16H2,1-5H3,(H,28,29). The molecule has 0 saturated carbocycles. The van der Waals surface area contributed by atoms with Crippen LogP contribution in [0.5, 0.6) is 5.75 Å². The maximum absolute atomic E-state index is 12.0. The first kappa shape index (κ1) is 27.7. The van der Waals surface area contributed by atoms with Crippen molar-refractivity contribution in [2.45, 2.75) is 61.3 Å². The third-order valence-corrected chi connectivity index (χ3v) is 7.65. The van der Waals surface area contributed by atoms with Gasteiger partial charge in [-0.2, -0.15) is 0 Å². The molecule has 1 aromatic carbocycles. The predicted molar refractivity (Wildman–Crippen MR) is 142 cm³/mol. The lowest BCUT2D eigenvalue weighted by Gasteiger charge is -2.24. The number of hydrogen-bond donors (Lipinski definition) is 1. The highest BCUT2D eigenvalue weighted by molar-refractivity contribution is 8.00. The summed E-state index contributed by atoms with van der Waals surface area (Å²) in [6.07, 6.45) is 5.45. The second-order valence-electron chi connectivity index (χ2n) is 9.58. The second kappa shape index (κ2) is 12.4. The molecule has 1 atom stereocenters. The van der Waals surface area contributed by atoms with E-state index in [0.29, 0.717) is 43.4 Å². The first-order valence-electron chi connectivity index (χ1n) is 11.7. The predicted octanol–water partition coefficient (Wildman–Crippen LogP) is 5.62. The van der Waals surface area contributed by atoms with Crippen molar-refractivity contribution < 1.29 is 23.5 Å². The molecule has 194 valence electrons. The van der Waals surface area contributed by atoms with Gasteiger partial charge in [0, 0.05) is 18.4 Å². The molecule has 2 heterocycles. The SMILES string of the molecule is COC(=O)CCCOc1ccc(C(C)(C=O)CNc2ncc(SCc3ncc(C(C)(C)C)o3)s2)cc1. The molecule has 0 bridgehead atoms. The Balaban J connectivity index is 1.50. The van der Waals surface area contributed by atoms with Crippen molar-refractivity contribution in [1.82, 2.24) is 9.97 Å². The monoisotopic (exact) mass is 531 g/mol. The van der Waals surface area contributed by atoms with E-state index in [9.17, 15) is 9.59 Å². The molecular formula is C26H33N3O5S2. The molecular weight excluding hydrogens is 498 g/mol. The van der Waals surface area contributed by atoms with Gasteiger partial charge in [-0.05, 0) is 31.0 Å². The number of aromatic nitrogens is 2. The number of carbonyl (C=O) groups is 2.